The Bertz CT molecular complexity index is 577. The van der Waals surface area contributed by atoms with Crippen LogP contribution in [0.15, 0.2) is 34.1 Å². The Labute approximate surface area is 123 Å². The lowest BCUT2D eigenvalue weighted by Crippen LogP contribution is -2.22. The second kappa shape index (κ2) is 6.36. The average Bonchev–Trinajstić information content (AvgIpc) is 2.85. The minimum absolute atomic E-state index is 0.180. The van der Waals surface area contributed by atoms with Crippen LogP contribution in [0.2, 0.25) is 5.02 Å². The lowest BCUT2D eigenvalue weighted by Gasteiger charge is -2.11. The normalized spacial score (nSPS) is 12.2. The summed E-state index contributed by atoms with van der Waals surface area (Å²) in [7, 11) is 0. The molecule has 1 atom stereocenters. The van der Waals surface area contributed by atoms with Crippen LogP contribution in [0.1, 0.15) is 6.92 Å². The zero-order valence-corrected chi connectivity index (χ0v) is 12.3. The molecule has 0 bridgehead atoms. The molecule has 1 aromatic heterocycles. The van der Waals surface area contributed by atoms with E-state index in [-0.39, 0.29) is 16.2 Å². The molecule has 0 spiro atoms. The van der Waals surface area contributed by atoms with Crippen molar-refractivity contribution in [1.82, 2.24) is 4.98 Å². The van der Waals surface area contributed by atoms with Gasteiger partial charge in [-0.2, -0.15) is 0 Å². The van der Waals surface area contributed by atoms with Gasteiger partial charge in [-0.05, 0) is 25.1 Å². The van der Waals surface area contributed by atoms with Gasteiger partial charge >= 0.3 is 0 Å². The van der Waals surface area contributed by atoms with Crippen LogP contribution in [0.3, 0.4) is 0 Å². The standard InChI is InChI=1S/C12H10ClFN2OS2/c1-7(19-12-15-4-5-18-12)11(17)16-10-3-2-8(14)6-9(10)13/h2-7H,1H3,(H,16,17). The van der Waals surface area contributed by atoms with Crippen molar-refractivity contribution in [2.45, 2.75) is 16.5 Å². The van der Waals surface area contributed by atoms with Gasteiger partial charge in [-0.1, -0.05) is 23.4 Å². The van der Waals surface area contributed by atoms with Gasteiger partial charge in [0.05, 0.1) is 16.0 Å². The molecular weight excluding hydrogens is 307 g/mol. The highest BCUT2D eigenvalue weighted by Gasteiger charge is 2.16. The van der Waals surface area contributed by atoms with Crippen LogP contribution in [0, 0.1) is 5.82 Å². The highest BCUT2D eigenvalue weighted by atomic mass is 35.5. The maximum Gasteiger partial charge on any atom is 0.237 e. The third kappa shape index (κ3) is 3.92. The maximum atomic E-state index is 12.9. The molecule has 3 nitrogen and oxygen atoms in total. The van der Waals surface area contributed by atoms with E-state index in [2.05, 4.69) is 10.3 Å². The number of carbonyl (C=O) groups is 1. The predicted molar refractivity (Wildman–Crippen MR) is 77.5 cm³/mol. The van der Waals surface area contributed by atoms with E-state index in [9.17, 15) is 9.18 Å². The van der Waals surface area contributed by atoms with Gasteiger partial charge < -0.3 is 5.32 Å². The molecule has 7 heteroatoms. The molecule has 0 aliphatic rings. The number of nitrogens with one attached hydrogen (secondary N) is 1. The molecule has 1 aromatic carbocycles. The van der Waals surface area contributed by atoms with E-state index < -0.39 is 5.82 Å². The zero-order valence-electron chi connectivity index (χ0n) is 9.89. The van der Waals surface area contributed by atoms with Crippen molar-refractivity contribution in [2.75, 3.05) is 5.32 Å². The number of halogens is 2. The summed E-state index contributed by atoms with van der Waals surface area (Å²) in [5.74, 6) is -0.637. The van der Waals surface area contributed by atoms with Crippen LogP contribution >= 0.6 is 34.7 Å². The van der Waals surface area contributed by atoms with Crippen molar-refractivity contribution in [3.05, 3.63) is 40.6 Å². The molecule has 19 heavy (non-hydrogen) atoms. The van der Waals surface area contributed by atoms with Gasteiger partial charge in [0.1, 0.15) is 5.82 Å². The molecule has 0 aliphatic carbocycles. The molecule has 1 unspecified atom stereocenters. The molecule has 1 amide bonds. The van der Waals surface area contributed by atoms with Crippen molar-refractivity contribution in [1.29, 1.82) is 0 Å². The first kappa shape index (κ1) is 14.3. The summed E-state index contributed by atoms with van der Waals surface area (Å²) in [4.78, 5) is 16.1. The summed E-state index contributed by atoms with van der Waals surface area (Å²) < 4.78 is 13.7. The van der Waals surface area contributed by atoms with Gasteiger partial charge in [0.25, 0.3) is 0 Å². The van der Waals surface area contributed by atoms with Gasteiger partial charge in [-0.3, -0.25) is 4.79 Å². The molecule has 0 aliphatic heterocycles. The molecule has 0 fully saturated rings. The van der Waals surface area contributed by atoms with Crippen molar-refractivity contribution < 1.29 is 9.18 Å². The fraction of sp³-hybridized carbons (Fsp3) is 0.167. The average molecular weight is 317 g/mol. The fourth-order valence-electron chi connectivity index (χ4n) is 1.30. The van der Waals surface area contributed by atoms with E-state index in [1.54, 1.807) is 13.1 Å². The number of benzene rings is 1. The first-order valence-electron chi connectivity index (χ1n) is 5.38. The monoisotopic (exact) mass is 316 g/mol. The SMILES string of the molecule is CC(Sc1nccs1)C(=O)Nc1ccc(F)cc1Cl. The second-order valence-electron chi connectivity index (χ2n) is 3.67. The van der Waals surface area contributed by atoms with Crippen molar-refractivity contribution in [3.8, 4) is 0 Å². The van der Waals surface area contributed by atoms with E-state index in [4.69, 9.17) is 11.6 Å². The third-order valence-electron chi connectivity index (χ3n) is 2.25. The van der Waals surface area contributed by atoms with E-state index in [0.717, 1.165) is 10.4 Å². The minimum atomic E-state index is -0.437. The maximum absolute atomic E-state index is 12.9. The Balaban J connectivity index is 2.00. The van der Waals surface area contributed by atoms with E-state index in [1.807, 2.05) is 5.38 Å². The van der Waals surface area contributed by atoms with E-state index >= 15 is 0 Å². The molecule has 2 rings (SSSR count). The van der Waals surface area contributed by atoms with Crippen LogP contribution in [-0.2, 0) is 4.79 Å². The molecule has 0 saturated carbocycles. The van der Waals surface area contributed by atoms with Crippen LogP contribution in [0.5, 0.6) is 0 Å². The highest BCUT2D eigenvalue weighted by Crippen LogP contribution is 2.27. The third-order valence-corrected chi connectivity index (χ3v) is 4.58. The summed E-state index contributed by atoms with van der Waals surface area (Å²) in [5, 5.41) is 4.39. The number of thioether (sulfide) groups is 1. The minimum Gasteiger partial charge on any atom is -0.324 e. The zero-order chi connectivity index (χ0) is 13.8. The van der Waals surface area contributed by atoms with Crippen molar-refractivity contribution >= 4 is 46.3 Å². The Hall–Kier alpha value is -1.11. The Morgan fingerprint density at radius 1 is 1.58 bits per heavy atom. The number of amides is 1. The number of hydrogen-bond donors (Lipinski definition) is 1. The molecule has 2 aromatic rings. The lowest BCUT2D eigenvalue weighted by molar-refractivity contribution is -0.115. The first-order valence-corrected chi connectivity index (χ1v) is 7.52. The largest absolute Gasteiger partial charge is 0.324 e. The van der Waals surface area contributed by atoms with Gasteiger partial charge in [0, 0.05) is 11.6 Å². The number of nitrogens with zero attached hydrogens (tertiary/aromatic N) is 1. The van der Waals surface area contributed by atoms with Crippen LogP contribution in [-0.4, -0.2) is 16.1 Å². The molecular formula is C12H10ClFN2OS2. The number of aromatic nitrogens is 1. The topological polar surface area (TPSA) is 42.0 Å². The van der Waals surface area contributed by atoms with E-state index in [0.29, 0.717) is 5.69 Å². The summed E-state index contributed by atoms with van der Waals surface area (Å²) in [6.07, 6.45) is 1.69. The van der Waals surface area contributed by atoms with Crippen LogP contribution in [0.25, 0.3) is 0 Å². The Morgan fingerprint density at radius 2 is 2.37 bits per heavy atom. The Kier molecular flexibility index (Phi) is 4.79. The van der Waals surface area contributed by atoms with Gasteiger partial charge in [0.15, 0.2) is 4.34 Å². The predicted octanol–water partition coefficient (Wildman–Crippen LogP) is 4.05. The summed E-state index contributed by atoms with van der Waals surface area (Å²) >= 11 is 8.69. The van der Waals surface area contributed by atoms with Crippen molar-refractivity contribution in [2.24, 2.45) is 0 Å². The molecule has 100 valence electrons. The summed E-state index contributed by atoms with van der Waals surface area (Å²) in [6, 6.07) is 3.85. The number of anilines is 1. The van der Waals surface area contributed by atoms with Gasteiger partial charge in [0.2, 0.25) is 5.91 Å². The molecule has 0 saturated heterocycles. The molecule has 1 N–H and O–H groups in total. The highest BCUT2D eigenvalue weighted by molar-refractivity contribution is 8.02. The quantitative estimate of drug-likeness (QED) is 0.865. The Morgan fingerprint density at radius 3 is 3.00 bits per heavy atom. The number of carbonyl (C=O) groups excluding carboxylic acids is 1. The van der Waals surface area contributed by atoms with Gasteiger partial charge in [-0.25, -0.2) is 9.37 Å². The molecule has 1 heterocycles. The summed E-state index contributed by atoms with van der Waals surface area (Å²) in [5.41, 5.74) is 0.402. The van der Waals surface area contributed by atoms with Crippen molar-refractivity contribution in [3.63, 3.8) is 0 Å². The van der Waals surface area contributed by atoms with Crippen LogP contribution < -0.4 is 5.32 Å². The van der Waals surface area contributed by atoms with E-state index in [1.165, 1.54) is 35.2 Å². The number of rotatable bonds is 4. The first-order chi connectivity index (χ1) is 9.06. The molecule has 0 radical (unpaired) electrons. The smallest absolute Gasteiger partial charge is 0.237 e. The number of hydrogen-bond acceptors (Lipinski definition) is 4. The second-order valence-corrected chi connectivity index (χ2v) is 6.56. The number of thiazole rings is 1. The van der Waals surface area contributed by atoms with Gasteiger partial charge in [-0.15, -0.1) is 11.3 Å². The fourth-order valence-corrected chi connectivity index (χ4v) is 3.28. The van der Waals surface area contributed by atoms with Crippen LogP contribution in [0.4, 0.5) is 10.1 Å². The lowest BCUT2D eigenvalue weighted by atomic mass is 10.3. The summed E-state index contributed by atoms with van der Waals surface area (Å²) in [6.45, 7) is 1.78.